The Balaban J connectivity index is 2.70. The van der Waals surface area contributed by atoms with Gasteiger partial charge in [0.2, 0.25) is 0 Å². The molecule has 1 N–H and O–H groups in total. The van der Waals surface area contributed by atoms with E-state index < -0.39 is 11.4 Å². The SMILES string of the molecule is CC1(C)OCCOC1(C)O. The van der Waals surface area contributed by atoms with Gasteiger partial charge in [-0.05, 0) is 20.8 Å². The normalized spacial score (nSPS) is 39.6. The molecule has 1 fully saturated rings. The Hall–Kier alpha value is -0.120. The smallest absolute Gasteiger partial charge is 0.191 e. The average molecular weight is 146 g/mol. The highest BCUT2D eigenvalue weighted by molar-refractivity contribution is 4.85. The van der Waals surface area contributed by atoms with Gasteiger partial charge in [-0.3, -0.25) is 0 Å². The molecule has 1 aliphatic heterocycles. The van der Waals surface area contributed by atoms with Crippen molar-refractivity contribution in [3.8, 4) is 0 Å². The van der Waals surface area contributed by atoms with E-state index >= 15 is 0 Å². The van der Waals surface area contributed by atoms with Gasteiger partial charge < -0.3 is 14.6 Å². The molecule has 0 spiro atoms. The van der Waals surface area contributed by atoms with E-state index in [1.54, 1.807) is 6.92 Å². The Labute approximate surface area is 60.9 Å². The van der Waals surface area contributed by atoms with Crippen LogP contribution in [-0.2, 0) is 9.47 Å². The van der Waals surface area contributed by atoms with Crippen molar-refractivity contribution in [1.82, 2.24) is 0 Å². The van der Waals surface area contributed by atoms with Crippen LogP contribution in [0.5, 0.6) is 0 Å². The van der Waals surface area contributed by atoms with Gasteiger partial charge in [-0.25, -0.2) is 0 Å². The van der Waals surface area contributed by atoms with Gasteiger partial charge >= 0.3 is 0 Å². The number of ether oxygens (including phenoxy) is 2. The predicted octanol–water partition coefficient (Wildman–Crippen LogP) is 0.520. The molecule has 0 aromatic heterocycles. The first kappa shape index (κ1) is 7.98. The van der Waals surface area contributed by atoms with Crippen LogP contribution in [0.15, 0.2) is 0 Å². The minimum absolute atomic E-state index is 0.469. The van der Waals surface area contributed by atoms with Crippen LogP contribution in [0.2, 0.25) is 0 Å². The summed E-state index contributed by atoms with van der Waals surface area (Å²) in [7, 11) is 0. The van der Waals surface area contributed by atoms with E-state index in [0.29, 0.717) is 13.2 Å². The largest absolute Gasteiger partial charge is 0.368 e. The first-order valence-corrected chi connectivity index (χ1v) is 3.46. The molecule has 1 aliphatic rings. The summed E-state index contributed by atoms with van der Waals surface area (Å²) in [6.07, 6.45) is 0. The van der Waals surface area contributed by atoms with Crippen LogP contribution in [-0.4, -0.2) is 29.7 Å². The third-order valence-electron chi connectivity index (χ3n) is 2.05. The lowest BCUT2D eigenvalue weighted by Gasteiger charge is -2.42. The zero-order valence-corrected chi connectivity index (χ0v) is 6.68. The molecular formula is C7H14O3. The highest BCUT2D eigenvalue weighted by Gasteiger charge is 2.44. The summed E-state index contributed by atoms with van der Waals surface area (Å²) >= 11 is 0. The number of rotatable bonds is 0. The third kappa shape index (κ3) is 1.17. The van der Waals surface area contributed by atoms with E-state index in [-0.39, 0.29) is 0 Å². The Bertz CT molecular complexity index is 113. The first-order chi connectivity index (χ1) is 4.46. The topological polar surface area (TPSA) is 38.7 Å². The fourth-order valence-corrected chi connectivity index (χ4v) is 0.845. The van der Waals surface area contributed by atoms with Gasteiger partial charge in [-0.15, -0.1) is 0 Å². The second-order valence-corrected chi connectivity index (χ2v) is 3.19. The molecule has 3 nitrogen and oxygen atoms in total. The van der Waals surface area contributed by atoms with E-state index in [2.05, 4.69) is 0 Å². The van der Waals surface area contributed by atoms with Gasteiger partial charge in [-0.1, -0.05) is 0 Å². The third-order valence-corrected chi connectivity index (χ3v) is 2.05. The Kier molecular flexibility index (Phi) is 1.75. The summed E-state index contributed by atoms with van der Waals surface area (Å²) < 4.78 is 10.4. The molecule has 0 aromatic carbocycles. The molecule has 3 heteroatoms. The lowest BCUT2D eigenvalue weighted by molar-refractivity contribution is -0.329. The van der Waals surface area contributed by atoms with Crippen molar-refractivity contribution in [2.24, 2.45) is 0 Å². The maximum atomic E-state index is 9.56. The molecule has 1 heterocycles. The van der Waals surface area contributed by atoms with Crippen LogP contribution in [0, 0.1) is 0 Å². The highest BCUT2D eigenvalue weighted by atomic mass is 16.7. The monoisotopic (exact) mass is 146 g/mol. The molecular weight excluding hydrogens is 132 g/mol. The quantitative estimate of drug-likeness (QED) is 0.541. The molecule has 0 radical (unpaired) electrons. The zero-order chi connectivity index (χ0) is 7.83. The molecule has 10 heavy (non-hydrogen) atoms. The first-order valence-electron chi connectivity index (χ1n) is 3.46. The number of hydrogen-bond acceptors (Lipinski definition) is 3. The fourth-order valence-electron chi connectivity index (χ4n) is 0.845. The van der Waals surface area contributed by atoms with Gasteiger partial charge in [0.15, 0.2) is 5.79 Å². The van der Waals surface area contributed by atoms with E-state index in [0.717, 1.165) is 0 Å². The van der Waals surface area contributed by atoms with Crippen LogP contribution in [0.25, 0.3) is 0 Å². The summed E-state index contributed by atoms with van der Waals surface area (Å²) in [6.45, 7) is 6.27. The molecule has 0 amide bonds. The standard InChI is InChI=1S/C7H14O3/c1-6(2)7(3,8)10-5-4-9-6/h8H,4-5H2,1-3H3. The zero-order valence-electron chi connectivity index (χ0n) is 6.68. The van der Waals surface area contributed by atoms with Crippen LogP contribution < -0.4 is 0 Å². The van der Waals surface area contributed by atoms with Crippen molar-refractivity contribution < 1.29 is 14.6 Å². The van der Waals surface area contributed by atoms with Crippen molar-refractivity contribution in [3.05, 3.63) is 0 Å². The number of aliphatic hydroxyl groups is 1. The maximum absolute atomic E-state index is 9.56. The molecule has 0 saturated carbocycles. The predicted molar refractivity (Wildman–Crippen MR) is 36.6 cm³/mol. The number of hydrogen-bond donors (Lipinski definition) is 1. The summed E-state index contributed by atoms with van der Waals surface area (Å²) in [4.78, 5) is 0. The molecule has 1 unspecified atom stereocenters. The Morgan fingerprint density at radius 2 is 1.60 bits per heavy atom. The van der Waals surface area contributed by atoms with Crippen molar-refractivity contribution in [2.45, 2.75) is 32.2 Å². The summed E-state index contributed by atoms with van der Waals surface area (Å²) in [5.41, 5.74) is -0.592. The van der Waals surface area contributed by atoms with Crippen LogP contribution in [0.3, 0.4) is 0 Å². The minimum atomic E-state index is -1.15. The second-order valence-electron chi connectivity index (χ2n) is 3.19. The Morgan fingerprint density at radius 3 is 1.90 bits per heavy atom. The van der Waals surface area contributed by atoms with E-state index in [1.807, 2.05) is 13.8 Å². The minimum Gasteiger partial charge on any atom is -0.368 e. The van der Waals surface area contributed by atoms with Gasteiger partial charge in [0.25, 0.3) is 0 Å². The van der Waals surface area contributed by atoms with Crippen molar-refractivity contribution in [3.63, 3.8) is 0 Å². The summed E-state index contributed by atoms with van der Waals surface area (Å²) in [5.74, 6) is -1.15. The molecule has 60 valence electrons. The lowest BCUT2D eigenvalue weighted by atomic mass is 9.98. The van der Waals surface area contributed by atoms with Crippen LogP contribution in [0.1, 0.15) is 20.8 Å². The van der Waals surface area contributed by atoms with Gasteiger partial charge in [-0.2, -0.15) is 0 Å². The average Bonchev–Trinajstić information content (AvgIpc) is 1.77. The molecule has 1 atom stereocenters. The van der Waals surface area contributed by atoms with Gasteiger partial charge in [0.1, 0.15) is 5.60 Å². The van der Waals surface area contributed by atoms with E-state index in [1.165, 1.54) is 0 Å². The maximum Gasteiger partial charge on any atom is 0.191 e. The van der Waals surface area contributed by atoms with Crippen molar-refractivity contribution in [2.75, 3.05) is 13.2 Å². The van der Waals surface area contributed by atoms with E-state index in [4.69, 9.17) is 9.47 Å². The summed E-state index contributed by atoms with van der Waals surface area (Å²) in [5, 5.41) is 9.56. The molecule has 1 saturated heterocycles. The lowest BCUT2D eigenvalue weighted by Crippen LogP contribution is -2.55. The van der Waals surface area contributed by atoms with Crippen LogP contribution in [0.4, 0.5) is 0 Å². The second kappa shape index (κ2) is 2.19. The van der Waals surface area contributed by atoms with E-state index in [9.17, 15) is 5.11 Å². The summed E-state index contributed by atoms with van der Waals surface area (Å²) in [6, 6.07) is 0. The van der Waals surface area contributed by atoms with Crippen LogP contribution >= 0.6 is 0 Å². The fraction of sp³-hybridized carbons (Fsp3) is 1.00. The van der Waals surface area contributed by atoms with Crippen molar-refractivity contribution in [1.29, 1.82) is 0 Å². The highest BCUT2D eigenvalue weighted by Crippen LogP contribution is 2.29. The molecule has 0 aliphatic carbocycles. The molecule has 1 rings (SSSR count). The van der Waals surface area contributed by atoms with Gasteiger partial charge in [0, 0.05) is 0 Å². The Morgan fingerprint density at radius 1 is 1.10 bits per heavy atom. The van der Waals surface area contributed by atoms with Crippen molar-refractivity contribution >= 4 is 0 Å². The molecule has 0 aromatic rings. The van der Waals surface area contributed by atoms with Gasteiger partial charge in [0.05, 0.1) is 13.2 Å². The molecule has 0 bridgehead atoms.